The number of benzene rings is 1. The van der Waals surface area contributed by atoms with Crippen molar-refractivity contribution in [3.05, 3.63) is 40.8 Å². The smallest absolute Gasteiger partial charge is 0.192 e. The highest BCUT2D eigenvalue weighted by Gasteiger charge is 2.18. The minimum atomic E-state index is -0.0216. The van der Waals surface area contributed by atoms with E-state index in [4.69, 9.17) is 9.15 Å². The lowest BCUT2D eigenvalue weighted by Gasteiger charge is -2.32. The number of likely N-dealkylation sites (tertiary alicyclic amines) is 1. The van der Waals surface area contributed by atoms with Crippen molar-refractivity contribution in [3.63, 3.8) is 0 Å². The van der Waals surface area contributed by atoms with E-state index < -0.39 is 0 Å². The van der Waals surface area contributed by atoms with Gasteiger partial charge in [-0.15, -0.1) is 0 Å². The largest absolute Gasteiger partial charge is 0.493 e. The molecule has 1 aromatic carbocycles. The van der Waals surface area contributed by atoms with E-state index in [-0.39, 0.29) is 5.43 Å². The second kappa shape index (κ2) is 6.31. The Morgan fingerprint density at radius 2 is 2.24 bits per heavy atom. The highest BCUT2D eigenvalue weighted by atomic mass is 16.5. The summed E-state index contributed by atoms with van der Waals surface area (Å²) in [6, 6.07) is 7.45. The van der Waals surface area contributed by atoms with Crippen molar-refractivity contribution < 1.29 is 9.15 Å². The molecular weight excluding hydrogens is 266 g/mol. The lowest BCUT2D eigenvalue weighted by Crippen LogP contribution is -2.37. The quantitative estimate of drug-likeness (QED) is 0.867. The van der Waals surface area contributed by atoms with Crippen LogP contribution in [-0.2, 0) is 0 Å². The Bertz CT molecular complexity index is 664. The van der Waals surface area contributed by atoms with Crippen LogP contribution in [0, 0.1) is 0 Å². The maximum absolute atomic E-state index is 11.6. The number of hydrogen-bond donors (Lipinski definition) is 0. The minimum absolute atomic E-state index is 0.0216. The van der Waals surface area contributed by atoms with Crippen LogP contribution in [0.5, 0.6) is 5.75 Å². The van der Waals surface area contributed by atoms with Crippen LogP contribution in [0.3, 0.4) is 0 Å². The van der Waals surface area contributed by atoms with Gasteiger partial charge in [0, 0.05) is 18.2 Å². The van der Waals surface area contributed by atoms with Crippen LogP contribution < -0.4 is 10.2 Å². The minimum Gasteiger partial charge on any atom is -0.493 e. The molecule has 4 heteroatoms. The molecular formula is C17H21NO3. The summed E-state index contributed by atoms with van der Waals surface area (Å²) in [6.07, 6.45) is 6.33. The van der Waals surface area contributed by atoms with Crippen molar-refractivity contribution >= 4 is 11.0 Å². The molecule has 0 N–H and O–H groups in total. The fourth-order valence-electron chi connectivity index (χ4n) is 2.97. The first kappa shape index (κ1) is 14.1. The summed E-state index contributed by atoms with van der Waals surface area (Å²) in [5, 5.41) is 0.594. The first-order valence-electron chi connectivity index (χ1n) is 7.58. The van der Waals surface area contributed by atoms with Gasteiger partial charge in [0.2, 0.25) is 0 Å². The molecule has 21 heavy (non-hydrogen) atoms. The molecule has 0 aliphatic carbocycles. The van der Waals surface area contributed by atoms with Gasteiger partial charge in [0.05, 0.1) is 18.3 Å². The average molecular weight is 287 g/mol. The summed E-state index contributed by atoms with van der Waals surface area (Å²) < 4.78 is 11.2. The predicted molar refractivity (Wildman–Crippen MR) is 82.9 cm³/mol. The maximum Gasteiger partial charge on any atom is 0.192 e. The first-order valence-corrected chi connectivity index (χ1v) is 7.58. The first-order chi connectivity index (χ1) is 10.2. The van der Waals surface area contributed by atoms with E-state index in [1.807, 2.05) is 6.07 Å². The second-order valence-corrected chi connectivity index (χ2v) is 5.71. The van der Waals surface area contributed by atoms with E-state index in [2.05, 4.69) is 11.9 Å². The number of hydrogen-bond acceptors (Lipinski definition) is 4. The zero-order valence-corrected chi connectivity index (χ0v) is 12.4. The molecule has 112 valence electrons. The van der Waals surface area contributed by atoms with Crippen molar-refractivity contribution in [2.24, 2.45) is 0 Å². The summed E-state index contributed by atoms with van der Waals surface area (Å²) in [4.78, 5) is 14.1. The molecule has 0 bridgehead atoms. The van der Waals surface area contributed by atoms with Gasteiger partial charge >= 0.3 is 0 Å². The molecule has 0 amide bonds. The van der Waals surface area contributed by atoms with E-state index in [0.29, 0.717) is 23.6 Å². The summed E-state index contributed by atoms with van der Waals surface area (Å²) in [6.45, 7) is 1.88. The highest BCUT2D eigenvalue weighted by Crippen LogP contribution is 2.21. The molecule has 1 aliphatic heterocycles. The molecule has 1 atom stereocenters. The summed E-state index contributed by atoms with van der Waals surface area (Å²) in [7, 11) is 2.19. The van der Waals surface area contributed by atoms with Crippen molar-refractivity contribution in [1.29, 1.82) is 0 Å². The molecule has 0 saturated carbocycles. The van der Waals surface area contributed by atoms with Gasteiger partial charge in [-0.1, -0.05) is 6.42 Å². The molecule has 1 unspecified atom stereocenters. The zero-order valence-electron chi connectivity index (χ0n) is 12.4. The number of nitrogens with zero attached hydrogens (tertiary/aromatic N) is 1. The fourth-order valence-corrected chi connectivity index (χ4v) is 2.97. The lowest BCUT2D eigenvalue weighted by atomic mass is 10.0. The Hall–Kier alpha value is -1.81. The van der Waals surface area contributed by atoms with Crippen LogP contribution in [-0.4, -0.2) is 31.1 Å². The zero-order chi connectivity index (χ0) is 14.7. The van der Waals surface area contributed by atoms with E-state index in [1.54, 1.807) is 12.1 Å². The number of ether oxygens (including phenoxy) is 1. The second-order valence-electron chi connectivity index (χ2n) is 5.71. The van der Waals surface area contributed by atoms with E-state index in [0.717, 1.165) is 12.2 Å². The van der Waals surface area contributed by atoms with E-state index in [1.165, 1.54) is 38.1 Å². The Balaban J connectivity index is 1.61. The Morgan fingerprint density at radius 1 is 1.33 bits per heavy atom. The molecule has 3 rings (SSSR count). The topological polar surface area (TPSA) is 42.7 Å². The van der Waals surface area contributed by atoms with Gasteiger partial charge in [-0.3, -0.25) is 4.79 Å². The van der Waals surface area contributed by atoms with Crippen LogP contribution in [0.15, 0.2) is 39.7 Å². The number of fused-ring (bicyclic) bond motifs is 1. The lowest BCUT2D eigenvalue weighted by molar-refractivity contribution is 0.153. The Labute approximate surface area is 124 Å². The fraction of sp³-hybridized carbons (Fsp3) is 0.471. The molecule has 1 aromatic heterocycles. The van der Waals surface area contributed by atoms with Crippen molar-refractivity contribution in [2.75, 3.05) is 20.2 Å². The number of piperidine rings is 1. The van der Waals surface area contributed by atoms with Crippen LogP contribution in [0.25, 0.3) is 11.0 Å². The molecule has 2 aromatic rings. The molecule has 1 saturated heterocycles. The monoisotopic (exact) mass is 287 g/mol. The molecule has 1 fully saturated rings. The average Bonchev–Trinajstić information content (AvgIpc) is 2.49. The highest BCUT2D eigenvalue weighted by molar-refractivity contribution is 5.77. The van der Waals surface area contributed by atoms with Crippen molar-refractivity contribution in [2.45, 2.75) is 31.7 Å². The van der Waals surface area contributed by atoms with Crippen molar-refractivity contribution in [3.8, 4) is 5.75 Å². The third kappa shape index (κ3) is 3.27. The van der Waals surface area contributed by atoms with Crippen LogP contribution in [0.1, 0.15) is 25.7 Å². The molecule has 1 aliphatic rings. The van der Waals surface area contributed by atoms with Crippen molar-refractivity contribution in [1.82, 2.24) is 4.90 Å². The molecule has 2 heterocycles. The normalized spacial score (nSPS) is 19.8. The van der Waals surface area contributed by atoms with Gasteiger partial charge in [-0.25, -0.2) is 0 Å². The van der Waals surface area contributed by atoms with Gasteiger partial charge in [0.15, 0.2) is 5.43 Å². The van der Waals surface area contributed by atoms with Gasteiger partial charge in [0.25, 0.3) is 0 Å². The third-order valence-corrected chi connectivity index (χ3v) is 4.27. The molecule has 0 radical (unpaired) electrons. The summed E-state index contributed by atoms with van der Waals surface area (Å²) in [5.41, 5.74) is 0.557. The van der Waals surface area contributed by atoms with Gasteiger partial charge in [-0.2, -0.15) is 0 Å². The summed E-state index contributed by atoms with van der Waals surface area (Å²) >= 11 is 0. The van der Waals surface area contributed by atoms with E-state index in [9.17, 15) is 4.79 Å². The third-order valence-electron chi connectivity index (χ3n) is 4.27. The maximum atomic E-state index is 11.6. The molecule has 4 nitrogen and oxygen atoms in total. The SMILES string of the molecule is CN1CCCCC1CCOc1ccc2c(=O)ccoc2c1. The summed E-state index contributed by atoms with van der Waals surface area (Å²) in [5.74, 6) is 0.760. The van der Waals surface area contributed by atoms with Gasteiger partial charge in [0.1, 0.15) is 11.3 Å². The van der Waals surface area contributed by atoms with Crippen LogP contribution >= 0.6 is 0 Å². The molecule has 0 spiro atoms. The van der Waals surface area contributed by atoms with Gasteiger partial charge in [-0.05, 0) is 45.0 Å². The predicted octanol–water partition coefficient (Wildman–Crippen LogP) is 3.05. The van der Waals surface area contributed by atoms with Crippen LogP contribution in [0.2, 0.25) is 0 Å². The van der Waals surface area contributed by atoms with E-state index >= 15 is 0 Å². The number of rotatable bonds is 4. The standard InChI is InChI=1S/C17H21NO3/c1-18-9-3-2-4-13(18)7-10-20-14-5-6-15-16(19)8-11-21-17(15)12-14/h5-6,8,11-13H,2-4,7,9-10H2,1H3. The van der Waals surface area contributed by atoms with Crippen LogP contribution in [0.4, 0.5) is 0 Å². The Morgan fingerprint density at radius 3 is 3.10 bits per heavy atom. The Kier molecular flexibility index (Phi) is 4.25. The van der Waals surface area contributed by atoms with Gasteiger partial charge < -0.3 is 14.1 Å².